The van der Waals surface area contributed by atoms with Crippen molar-refractivity contribution in [1.29, 1.82) is 0 Å². The maximum Gasteiger partial charge on any atom is 0.417 e. The number of hydrogen-bond acceptors (Lipinski definition) is 2. The first-order valence-corrected chi connectivity index (χ1v) is 8.04. The number of carbonyl (C=O) groups excluding carboxylic acids is 1. The minimum atomic E-state index is -4.56. The molecule has 1 amide bonds. The summed E-state index contributed by atoms with van der Waals surface area (Å²) >= 11 is 5.84. The van der Waals surface area contributed by atoms with Crippen molar-refractivity contribution in [2.75, 3.05) is 39.1 Å². The van der Waals surface area contributed by atoms with Crippen molar-refractivity contribution in [2.24, 2.45) is 0 Å². The van der Waals surface area contributed by atoms with E-state index in [4.69, 9.17) is 15.7 Å². The summed E-state index contributed by atoms with van der Waals surface area (Å²) in [6.45, 7) is -2.37. The van der Waals surface area contributed by atoms with Crippen LogP contribution in [0.5, 0.6) is 0 Å². The molecule has 1 aromatic heterocycles. The minimum Gasteiger partial charge on any atom is -0.329 e. The highest BCUT2D eigenvalue weighted by atomic mass is 35.5. The van der Waals surface area contributed by atoms with Gasteiger partial charge in [0.2, 0.25) is 0 Å². The van der Waals surface area contributed by atoms with Crippen molar-refractivity contribution in [1.82, 2.24) is 4.98 Å². The summed E-state index contributed by atoms with van der Waals surface area (Å²) in [5.41, 5.74) is -0.700. The number of halogens is 4. The second-order valence-corrected chi connectivity index (χ2v) is 6.71. The predicted octanol–water partition coefficient (Wildman–Crippen LogP) is 4.11. The lowest BCUT2D eigenvalue weighted by molar-refractivity contribution is -0.868. The summed E-state index contributed by atoms with van der Waals surface area (Å²) in [4.78, 5) is 17.9. The van der Waals surface area contributed by atoms with Gasteiger partial charge in [0.05, 0.1) is 43.8 Å². The normalized spacial score (nSPS) is 14.3. The highest BCUT2D eigenvalue weighted by molar-refractivity contribution is 6.30. The van der Waals surface area contributed by atoms with Gasteiger partial charge in [0.1, 0.15) is 5.82 Å². The molecule has 0 unspecified atom stereocenters. The van der Waals surface area contributed by atoms with Crippen LogP contribution < -0.4 is 4.90 Å². The molecule has 8 heteroatoms. The zero-order valence-electron chi connectivity index (χ0n) is 17.2. The summed E-state index contributed by atoms with van der Waals surface area (Å²) in [6, 6.07) is 7.89. The van der Waals surface area contributed by atoms with Crippen molar-refractivity contribution in [3.8, 4) is 0 Å². The quantitative estimate of drug-likeness (QED) is 0.721. The zero-order chi connectivity index (χ0) is 22.0. The second-order valence-electron chi connectivity index (χ2n) is 6.28. The van der Waals surface area contributed by atoms with Gasteiger partial charge in [-0.1, -0.05) is 11.6 Å². The molecular formula is C18H20ClF3N3O+. The average molecular weight is 390 g/mol. The van der Waals surface area contributed by atoms with Crippen molar-refractivity contribution in [3.63, 3.8) is 0 Å². The third kappa shape index (κ3) is 5.44. The van der Waals surface area contributed by atoms with Gasteiger partial charge in [0.15, 0.2) is 0 Å². The van der Waals surface area contributed by atoms with Gasteiger partial charge in [0.25, 0.3) is 5.91 Å². The monoisotopic (exact) mass is 389 g/mol. The Morgan fingerprint density at radius 1 is 1.23 bits per heavy atom. The molecule has 2 aromatic rings. The lowest BCUT2D eigenvalue weighted by Gasteiger charge is -2.28. The van der Waals surface area contributed by atoms with Crippen LogP contribution in [-0.4, -0.2) is 49.5 Å². The maximum atomic E-state index is 13.0. The first kappa shape index (κ1) is 16.1. The Morgan fingerprint density at radius 2 is 1.88 bits per heavy atom. The zero-order valence-corrected chi connectivity index (χ0v) is 15.0. The van der Waals surface area contributed by atoms with E-state index >= 15 is 0 Å². The molecule has 1 heterocycles. The Bertz CT molecular complexity index is 854. The predicted molar refractivity (Wildman–Crippen MR) is 95.3 cm³/mol. The van der Waals surface area contributed by atoms with E-state index in [1.807, 2.05) is 0 Å². The van der Waals surface area contributed by atoms with E-state index in [0.29, 0.717) is 11.2 Å². The van der Waals surface area contributed by atoms with Gasteiger partial charge in [-0.15, -0.1) is 0 Å². The SMILES string of the molecule is [2H]C([2H])([2H])[N+](C)(C)CCN(C(=O)c1ccc(Cl)cc1)c1ccc(C(F)(F)F)cn1. The molecule has 0 N–H and O–H groups in total. The Balaban J connectivity index is 2.37. The molecule has 26 heavy (non-hydrogen) atoms. The van der Waals surface area contributed by atoms with Gasteiger partial charge >= 0.3 is 6.18 Å². The van der Waals surface area contributed by atoms with E-state index in [1.54, 1.807) is 0 Å². The number of rotatable bonds is 5. The number of pyridine rings is 1. The Hall–Kier alpha value is -2.12. The summed E-state index contributed by atoms with van der Waals surface area (Å²) in [7, 11) is 2.97. The molecule has 4 nitrogen and oxygen atoms in total. The molecule has 0 saturated heterocycles. The molecule has 0 saturated carbocycles. The van der Waals surface area contributed by atoms with Crippen LogP contribution in [0.25, 0.3) is 0 Å². The van der Waals surface area contributed by atoms with Crippen LogP contribution >= 0.6 is 11.6 Å². The fourth-order valence-electron chi connectivity index (χ4n) is 2.13. The molecular weight excluding hydrogens is 367 g/mol. The molecule has 0 aliphatic carbocycles. The van der Waals surface area contributed by atoms with Crippen LogP contribution in [0, 0.1) is 0 Å². The van der Waals surface area contributed by atoms with Crippen molar-refractivity contribution in [3.05, 3.63) is 58.7 Å². The van der Waals surface area contributed by atoms with Gasteiger partial charge in [0, 0.05) is 16.8 Å². The van der Waals surface area contributed by atoms with Gasteiger partial charge in [-0.3, -0.25) is 9.69 Å². The van der Waals surface area contributed by atoms with E-state index in [2.05, 4.69) is 4.98 Å². The molecule has 140 valence electrons. The van der Waals surface area contributed by atoms with E-state index in [0.717, 1.165) is 17.0 Å². The maximum absolute atomic E-state index is 13.0. The molecule has 0 aliphatic heterocycles. The van der Waals surface area contributed by atoms with Gasteiger partial charge in [-0.2, -0.15) is 13.2 Å². The standard InChI is InChI=1S/C18H20ClF3N3O/c1-25(2,3)11-10-24(17(26)13-4-7-15(19)8-5-13)16-9-6-14(12-23-16)18(20,21)22/h4-9,12H,10-11H2,1-3H3/q+1/i1D3. The van der Waals surface area contributed by atoms with Crippen molar-refractivity contribution < 1.29 is 26.6 Å². The Kier molecular flexibility index (Phi) is 4.72. The molecule has 0 spiro atoms. The van der Waals surface area contributed by atoms with E-state index < -0.39 is 29.1 Å². The van der Waals surface area contributed by atoms with E-state index in [9.17, 15) is 18.0 Å². The first-order chi connectivity index (χ1) is 13.2. The first-order valence-electron chi connectivity index (χ1n) is 9.16. The van der Waals surface area contributed by atoms with Crippen LogP contribution in [0.4, 0.5) is 19.0 Å². The number of nitrogens with zero attached hydrogens (tertiary/aromatic N) is 3. The molecule has 0 fully saturated rings. The molecule has 2 rings (SSSR count). The van der Waals surface area contributed by atoms with Crippen molar-refractivity contribution >= 4 is 23.3 Å². The highest BCUT2D eigenvalue weighted by Crippen LogP contribution is 2.29. The number of anilines is 1. The van der Waals surface area contributed by atoms with Crippen LogP contribution in [0.1, 0.15) is 20.0 Å². The summed E-state index contributed by atoms with van der Waals surface area (Å²) in [5, 5.41) is 0.418. The number of quaternary nitrogens is 1. The van der Waals surface area contributed by atoms with Crippen LogP contribution in [0.2, 0.25) is 5.02 Å². The summed E-state index contributed by atoms with van der Waals surface area (Å²) in [6.07, 6.45) is -3.92. The Labute approximate surface area is 159 Å². The third-order valence-corrected chi connectivity index (χ3v) is 3.82. The number of aromatic nitrogens is 1. The number of likely N-dealkylation sites (N-methyl/N-ethyl adjacent to an activating group) is 1. The molecule has 0 bridgehead atoms. The number of amides is 1. The number of benzene rings is 1. The van der Waals surface area contributed by atoms with Crippen LogP contribution in [0.3, 0.4) is 0 Å². The van der Waals surface area contributed by atoms with E-state index in [1.165, 1.54) is 38.4 Å². The minimum absolute atomic E-state index is 0.0107. The largest absolute Gasteiger partial charge is 0.417 e. The van der Waals surface area contributed by atoms with Crippen molar-refractivity contribution in [2.45, 2.75) is 6.18 Å². The smallest absolute Gasteiger partial charge is 0.329 e. The van der Waals surface area contributed by atoms with Gasteiger partial charge < -0.3 is 4.48 Å². The fraction of sp³-hybridized carbons (Fsp3) is 0.333. The topological polar surface area (TPSA) is 33.2 Å². The van der Waals surface area contributed by atoms with Crippen LogP contribution in [0.15, 0.2) is 42.6 Å². The second kappa shape index (κ2) is 7.63. The molecule has 0 aliphatic rings. The summed E-state index contributed by atoms with van der Waals surface area (Å²) in [5.74, 6) is -0.539. The lowest BCUT2D eigenvalue weighted by atomic mass is 10.2. The third-order valence-electron chi connectivity index (χ3n) is 3.57. The molecule has 0 radical (unpaired) electrons. The van der Waals surface area contributed by atoms with E-state index in [-0.39, 0.29) is 24.5 Å². The average Bonchev–Trinajstić information content (AvgIpc) is 2.61. The fourth-order valence-corrected chi connectivity index (χ4v) is 2.26. The number of hydrogen-bond donors (Lipinski definition) is 0. The Morgan fingerprint density at radius 3 is 2.38 bits per heavy atom. The lowest BCUT2D eigenvalue weighted by Crippen LogP contribution is -2.44. The highest BCUT2D eigenvalue weighted by Gasteiger charge is 2.31. The molecule has 0 atom stereocenters. The van der Waals surface area contributed by atoms with Gasteiger partial charge in [-0.05, 0) is 36.4 Å². The molecule has 1 aromatic carbocycles. The number of alkyl halides is 3. The van der Waals surface area contributed by atoms with Crippen LogP contribution in [-0.2, 0) is 6.18 Å². The number of carbonyl (C=O) groups is 1. The summed E-state index contributed by atoms with van der Waals surface area (Å²) < 4.78 is 60.9. The van der Waals surface area contributed by atoms with Gasteiger partial charge in [-0.25, -0.2) is 4.98 Å².